The average Bonchev–Trinajstić information content (AvgIpc) is 3.23. The maximum absolute atomic E-state index is 12.3. The second-order valence-electron chi connectivity index (χ2n) is 6.65. The fourth-order valence-corrected chi connectivity index (χ4v) is 4.39. The van der Waals surface area contributed by atoms with Gasteiger partial charge in [0.15, 0.2) is 0 Å². The van der Waals surface area contributed by atoms with Gasteiger partial charge in [0.1, 0.15) is 10.7 Å². The summed E-state index contributed by atoms with van der Waals surface area (Å²) >= 11 is 1.50. The normalized spacial score (nSPS) is 15.5. The second kappa shape index (κ2) is 7.31. The van der Waals surface area contributed by atoms with Gasteiger partial charge in [0.25, 0.3) is 0 Å². The van der Waals surface area contributed by atoms with Gasteiger partial charge in [-0.25, -0.2) is 4.98 Å². The third-order valence-electron chi connectivity index (χ3n) is 4.79. The summed E-state index contributed by atoms with van der Waals surface area (Å²) in [6.45, 7) is 0. The van der Waals surface area contributed by atoms with Crippen molar-refractivity contribution in [1.82, 2.24) is 20.2 Å². The molecule has 130 valence electrons. The van der Waals surface area contributed by atoms with Crippen LogP contribution in [0.3, 0.4) is 0 Å². The monoisotopic (exact) mass is 355 g/mol. The molecule has 0 radical (unpaired) electrons. The number of carbonyl (C=O) groups is 1. The highest BCUT2D eigenvalue weighted by Crippen LogP contribution is 2.28. The van der Waals surface area contributed by atoms with Crippen molar-refractivity contribution >= 4 is 33.4 Å². The molecule has 1 aliphatic rings. The van der Waals surface area contributed by atoms with Crippen molar-refractivity contribution in [2.24, 2.45) is 5.92 Å². The number of aromatic amines is 1. The number of amides is 1. The van der Waals surface area contributed by atoms with E-state index in [1.165, 1.54) is 43.4 Å². The summed E-state index contributed by atoms with van der Waals surface area (Å²) in [7, 11) is 0. The first-order chi connectivity index (χ1) is 12.3. The zero-order chi connectivity index (χ0) is 17.1. The van der Waals surface area contributed by atoms with Crippen molar-refractivity contribution in [3.8, 4) is 0 Å². The SMILES string of the molecule is O=C(Cc1c[nH]c2ncccc12)Nc1nnc(CC2CCCCC2)s1. The fourth-order valence-electron chi connectivity index (χ4n) is 3.52. The van der Waals surface area contributed by atoms with E-state index in [9.17, 15) is 4.79 Å². The van der Waals surface area contributed by atoms with Gasteiger partial charge >= 0.3 is 0 Å². The molecule has 1 amide bonds. The van der Waals surface area contributed by atoms with E-state index in [2.05, 4.69) is 25.5 Å². The topological polar surface area (TPSA) is 83.6 Å². The van der Waals surface area contributed by atoms with E-state index in [0.29, 0.717) is 11.6 Å². The minimum atomic E-state index is -0.0786. The quantitative estimate of drug-likeness (QED) is 0.730. The molecular weight excluding hydrogens is 334 g/mol. The van der Waals surface area contributed by atoms with Gasteiger partial charge in [-0.15, -0.1) is 10.2 Å². The standard InChI is InChI=1S/C18H21N5OS/c24-15(10-13-11-20-17-14(13)7-4-8-19-17)21-18-23-22-16(25-18)9-12-5-2-1-3-6-12/h4,7-8,11-12H,1-3,5-6,9-10H2,(H,19,20)(H,21,23,24). The molecule has 3 aromatic heterocycles. The van der Waals surface area contributed by atoms with Gasteiger partial charge in [0.05, 0.1) is 6.42 Å². The predicted octanol–water partition coefficient (Wildman–Crippen LogP) is 3.72. The Morgan fingerprint density at radius 1 is 1.28 bits per heavy atom. The molecule has 0 spiro atoms. The Labute approximate surface area is 150 Å². The van der Waals surface area contributed by atoms with Crippen molar-refractivity contribution in [2.45, 2.75) is 44.9 Å². The van der Waals surface area contributed by atoms with E-state index in [4.69, 9.17) is 0 Å². The summed E-state index contributed by atoms with van der Waals surface area (Å²) in [5, 5.41) is 13.8. The Kier molecular flexibility index (Phi) is 4.74. The highest BCUT2D eigenvalue weighted by atomic mass is 32.1. The van der Waals surface area contributed by atoms with Crippen LogP contribution >= 0.6 is 11.3 Å². The van der Waals surface area contributed by atoms with E-state index in [1.54, 1.807) is 6.20 Å². The largest absolute Gasteiger partial charge is 0.346 e. The Morgan fingerprint density at radius 3 is 3.04 bits per heavy atom. The molecule has 0 saturated heterocycles. The van der Waals surface area contributed by atoms with Crippen molar-refractivity contribution in [1.29, 1.82) is 0 Å². The maximum atomic E-state index is 12.3. The number of rotatable bonds is 5. The Balaban J connectivity index is 1.36. The first kappa shape index (κ1) is 16.2. The highest BCUT2D eigenvalue weighted by molar-refractivity contribution is 7.15. The van der Waals surface area contributed by atoms with Gasteiger partial charge in [-0.1, -0.05) is 43.4 Å². The number of nitrogens with zero attached hydrogens (tertiary/aromatic N) is 3. The van der Waals surface area contributed by atoms with Crippen LogP contribution in [-0.4, -0.2) is 26.1 Å². The third kappa shape index (κ3) is 3.87. The van der Waals surface area contributed by atoms with Gasteiger partial charge in [0.2, 0.25) is 11.0 Å². The van der Waals surface area contributed by atoms with Crippen molar-refractivity contribution in [3.63, 3.8) is 0 Å². The highest BCUT2D eigenvalue weighted by Gasteiger charge is 2.17. The van der Waals surface area contributed by atoms with E-state index in [1.807, 2.05) is 18.3 Å². The molecule has 0 unspecified atom stereocenters. The van der Waals surface area contributed by atoms with Crippen molar-refractivity contribution < 1.29 is 4.79 Å². The molecule has 4 rings (SSSR count). The molecule has 0 bridgehead atoms. The Morgan fingerprint density at radius 2 is 2.16 bits per heavy atom. The lowest BCUT2D eigenvalue weighted by Crippen LogP contribution is -2.14. The van der Waals surface area contributed by atoms with Crippen LogP contribution in [0.15, 0.2) is 24.5 Å². The van der Waals surface area contributed by atoms with Crippen LogP contribution in [0.2, 0.25) is 0 Å². The molecule has 0 atom stereocenters. The smallest absolute Gasteiger partial charge is 0.230 e. The first-order valence-electron chi connectivity index (χ1n) is 8.81. The first-order valence-corrected chi connectivity index (χ1v) is 9.63. The summed E-state index contributed by atoms with van der Waals surface area (Å²) in [5.74, 6) is 0.647. The molecule has 25 heavy (non-hydrogen) atoms. The number of pyridine rings is 1. The van der Waals surface area contributed by atoms with E-state index < -0.39 is 0 Å². The number of carbonyl (C=O) groups excluding carboxylic acids is 1. The zero-order valence-electron chi connectivity index (χ0n) is 14.0. The van der Waals surface area contributed by atoms with Gasteiger partial charge < -0.3 is 10.3 Å². The van der Waals surface area contributed by atoms with Crippen LogP contribution in [0.1, 0.15) is 42.7 Å². The van der Waals surface area contributed by atoms with Gasteiger partial charge in [-0.3, -0.25) is 4.79 Å². The summed E-state index contributed by atoms with van der Waals surface area (Å²) < 4.78 is 0. The molecule has 7 heteroatoms. The average molecular weight is 355 g/mol. The lowest BCUT2D eigenvalue weighted by Gasteiger charge is -2.19. The predicted molar refractivity (Wildman–Crippen MR) is 98.6 cm³/mol. The van der Waals surface area contributed by atoms with E-state index in [0.717, 1.165) is 33.9 Å². The summed E-state index contributed by atoms with van der Waals surface area (Å²) in [6, 6.07) is 3.84. The van der Waals surface area contributed by atoms with E-state index in [-0.39, 0.29) is 5.91 Å². The van der Waals surface area contributed by atoms with Gasteiger partial charge in [-0.05, 0) is 23.6 Å². The van der Waals surface area contributed by atoms with Crippen molar-refractivity contribution in [3.05, 3.63) is 35.1 Å². The molecule has 6 nitrogen and oxygen atoms in total. The third-order valence-corrected chi connectivity index (χ3v) is 5.65. The minimum Gasteiger partial charge on any atom is -0.346 e. The molecular formula is C18H21N5OS. The van der Waals surface area contributed by atoms with Crippen LogP contribution in [0, 0.1) is 5.92 Å². The maximum Gasteiger partial charge on any atom is 0.230 e. The van der Waals surface area contributed by atoms with Crippen molar-refractivity contribution in [2.75, 3.05) is 5.32 Å². The number of nitrogens with one attached hydrogen (secondary N) is 2. The summed E-state index contributed by atoms with van der Waals surface area (Å²) in [5.41, 5.74) is 1.74. The number of fused-ring (bicyclic) bond motifs is 1. The molecule has 0 aromatic carbocycles. The van der Waals surface area contributed by atoms with Gasteiger partial charge in [0, 0.05) is 24.2 Å². The molecule has 0 aliphatic heterocycles. The molecule has 1 saturated carbocycles. The second-order valence-corrected chi connectivity index (χ2v) is 7.71. The molecule has 3 heterocycles. The zero-order valence-corrected chi connectivity index (χ0v) is 14.8. The number of hydrogen-bond acceptors (Lipinski definition) is 5. The van der Waals surface area contributed by atoms with Gasteiger partial charge in [-0.2, -0.15) is 0 Å². The number of hydrogen-bond donors (Lipinski definition) is 2. The van der Waals surface area contributed by atoms with E-state index >= 15 is 0 Å². The van der Waals surface area contributed by atoms with Crippen LogP contribution in [-0.2, 0) is 17.6 Å². The summed E-state index contributed by atoms with van der Waals surface area (Å²) in [4.78, 5) is 19.7. The lowest BCUT2D eigenvalue weighted by molar-refractivity contribution is -0.115. The van der Waals surface area contributed by atoms with Crippen LogP contribution in [0.25, 0.3) is 11.0 Å². The Hall–Kier alpha value is -2.28. The molecule has 2 N–H and O–H groups in total. The minimum absolute atomic E-state index is 0.0786. The summed E-state index contributed by atoms with van der Waals surface area (Å²) in [6.07, 6.45) is 11.4. The lowest BCUT2D eigenvalue weighted by atomic mass is 9.87. The number of aromatic nitrogens is 4. The number of H-pyrrole nitrogens is 1. The van der Waals surface area contributed by atoms with Crippen LogP contribution in [0.5, 0.6) is 0 Å². The number of anilines is 1. The molecule has 1 fully saturated rings. The molecule has 3 aromatic rings. The Bertz CT molecular complexity index is 865. The fraction of sp³-hybridized carbons (Fsp3) is 0.444. The van der Waals surface area contributed by atoms with Crippen LogP contribution in [0.4, 0.5) is 5.13 Å². The van der Waals surface area contributed by atoms with Crippen LogP contribution < -0.4 is 5.32 Å². The molecule has 1 aliphatic carbocycles.